The van der Waals surface area contributed by atoms with Crippen LogP contribution in [0, 0.1) is 11.3 Å². The van der Waals surface area contributed by atoms with Gasteiger partial charge in [-0.05, 0) is 23.6 Å². The van der Waals surface area contributed by atoms with Gasteiger partial charge >= 0.3 is 0 Å². The van der Waals surface area contributed by atoms with Gasteiger partial charge in [-0.1, -0.05) is 55.6 Å². The van der Waals surface area contributed by atoms with Crippen LogP contribution in [0.15, 0.2) is 44.7 Å². The van der Waals surface area contributed by atoms with Crippen molar-refractivity contribution in [3.05, 3.63) is 55.1 Å². The van der Waals surface area contributed by atoms with Gasteiger partial charge in [0.25, 0.3) is 0 Å². The Bertz CT molecular complexity index is 642. The summed E-state index contributed by atoms with van der Waals surface area (Å²) in [6, 6.07) is 11.6. The Labute approximate surface area is 131 Å². The Morgan fingerprint density at radius 3 is 2.61 bits per heavy atom. The van der Waals surface area contributed by atoms with Crippen molar-refractivity contribution in [2.45, 2.75) is 0 Å². The van der Waals surface area contributed by atoms with Crippen LogP contribution in [0.5, 0.6) is 0 Å². The standard InChI is InChI=1S/C13H6Br2ClNS/c14-8-3-4-9(11(15)6-8)13(16)10(7-17)12-2-1-5-18-12/h1-6H/b13-10-. The van der Waals surface area contributed by atoms with Crippen LogP contribution in [-0.2, 0) is 0 Å². The molecule has 0 aliphatic carbocycles. The number of halogens is 3. The van der Waals surface area contributed by atoms with Gasteiger partial charge in [-0.3, -0.25) is 0 Å². The second-order valence-corrected chi connectivity index (χ2v) is 6.50. The number of nitrogens with zero attached hydrogens (tertiary/aromatic N) is 1. The smallest absolute Gasteiger partial charge is 0.102 e. The van der Waals surface area contributed by atoms with Gasteiger partial charge in [-0.25, -0.2) is 0 Å². The van der Waals surface area contributed by atoms with Gasteiger partial charge in [0.2, 0.25) is 0 Å². The zero-order chi connectivity index (χ0) is 13.1. The molecule has 0 aliphatic heterocycles. The molecule has 18 heavy (non-hydrogen) atoms. The molecule has 5 heteroatoms. The minimum atomic E-state index is 0.458. The molecule has 0 bridgehead atoms. The molecular weight excluding hydrogens is 397 g/mol. The van der Waals surface area contributed by atoms with Gasteiger partial charge < -0.3 is 0 Å². The zero-order valence-electron chi connectivity index (χ0n) is 8.95. The number of allylic oxidation sites excluding steroid dienone is 1. The van der Waals surface area contributed by atoms with E-state index in [1.54, 1.807) is 0 Å². The minimum absolute atomic E-state index is 0.458. The molecule has 2 aromatic rings. The van der Waals surface area contributed by atoms with Gasteiger partial charge in [0.15, 0.2) is 0 Å². The summed E-state index contributed by atoms with van der Waals surface area (Å²) < 4.78 is 1.81. The van der Waals surface area contributed by atoms with E-state index in [9.17, 15) is 5.26 Å². The van der Waals surface area contributed by atoms with E-state index >= 15 is 0 Å². The topological polar surface area (TPSA) is 23.8 Å². The third kappa shape index (κ3) is 2.86. The quantitative estimate of drug-likeness (QED) is 0.573. The van der Waals surface area contributed by atoms with Crippen molar-refractivity contribution < 1.29 is 0 Å². The Morgan fingerprint density at radius 2 is 2.06 bits per heavy atom. The average molecular weight is 404 g/mol. The molecule has 1 aromatic heterocycles. The van der Waals surface area contributed by atoms with Crippen molar-refractivity contribution in [1.82, 2.24) is 0 Å². The summed E-state index contributed by atoms with van der Waals surface area (Å²) in [5.74, 6) is 0. The van der Waals surface area contributed by atoms with E-state index < -0.39 is 0 Å². The van der Waals surface area contributed by atoms with Crippen LogP contribution in [0.4, 0.5) is 0 Å². The fraction of sp³-hybridized carbons (Fsp3) is 0. The lowest BCUT2D eigenvalue weighted by molar-refractivity contribution is 1.53. The number of hydrogen-bond donors (Lipinski definition) is 0. The molecule has 0 fully saturated rings. The first-order chi connectivity index (χ1) is 8.63. The predicted octanol–water partition coefficient (Wildman–Crippen LogP) is 5.90. The first kappa shape index (κ1) is 13.8. The number of thiophene rings is 1. The van der Waals surface area contributed by atoms with Crippen LogP contribution >= 0.6 is 54.8 Å². The van der Waals surface area contributed by atoms with E-state index in [-0.39, 0.29) is 0 Å². The third-order valence-electron chi connectivity index (χ3n) is 2.27. The van der Waals surface area contributed by atoms with Crippen molar-refractivity contribution in [3.63, 3.8) is 0 Å². The van der Waals surface area contributed by atoms with E-state index in [1.807, 2.05) is 35.7 Å². The van der Waals surface area contributed by atoms with Gasteiger partial charge in [0, 0.05) is 19.4 Å². The highest BCUT2D eigenvalue weighted by Crippen LogP contribution is 2.36. The minimum Gasteiger partial charge on any atom is -0.192 e. The van der Waals surface area contributed by atoms with E-state index in [0.717, 1.165) is 19.4 Å². The predicted molar refractivity (Wildman–Crippen MR) is 84.4 cm³/mol. The fourth-order valence-electron chi connectivity index (χ4n) is 1.44. The molecule has 0 spiro atoms. The van der Waals surface area contributed by atoms with Gasteiger partial charge in [-0.2, -0.15) is 5.26 Å². The normalized spacial score (nSPS) is 11.9. The molecule has 0 atom stereocenters. The summed E-state index contributed by atoms with van der Waals surface area (Å²) in [6.07, 6.45) is 0. The summed E-state index contributed by atoms with van der Waals surface area (Å²) in [4.78, 5) is 0.873. The van der Waals surface area contributed by atoms with Crippen molar-refractivity contribution >= 4 is 65.4 Å². The van der Waals surface area contributed by atoms with Crippen molar-refractivity contribution in [2.24, 2.45) is 0 Å². The van der Waals surface area contributed by atoms with Crippen molar-refractivity contribution in [1.29, 1.82) is 5.26 Å². The fourth-order valence-corrected chi connectivity index (χ4v) is 3.89. The van der Waals surface area contributed by atoms with Crippen LogP contribution in [0.1, 0.15) is 10.4 Å². The third-order valence-corrected chi connectivity index (χ3v) is 4.70. The molecule has 0 saturated heterocycles. The van der Waals surface area contributed by atoms with Crippen LogP contribution in [-0.4, -0.2) is 0 Å². The molecule has 90 valence electrons. The highest BCUT2D eigenvalue weighted by atomic mass is 79.9. The first-order valence-corrected chi connectivity index (χ1v) is 7.77. The van der Waals surface area contributed by atoms with Crippen LogP contribution in [0.2, 0.25) is 0 Å². The van der Waals surface area contributed by atoms with Crippen LogP contribution in [0.25, 0.3) is 10.6 Å². The average Bonchev–Trinajstić information content (AvgIpc) is 2.83. The molecule has 1 aromatic carbocycles. The van der Waals surface area contributed by atoms with Gasteiger partial charge in [-0.15, -0.1) is 11.3 Å². The molecular formula is C13H6Br2ClNS. The Morgan fingerprint density at radius 1 is 1.28 bits per heavy atom. The van der Waals surface area contributed by atoms with Crippen LogP contribution in [0.3, 0.4) is 0 Å². The van der Waals surface area contributed by atoms with Gasteiger partial charge in [0.1, 0.15) is 6.07 Å². The maximum atomic E-state index is 9.26. The zero-order valence-corrected chi connectivity index (χ0v) is 13.7. The molecule has 0 unspecified atom stereocenters. The van der Waals surface area contributed by atoms with E-state index in [4.69, 9.17) is 11.6 Å². The maximum Gasteiger partial charge on any atom is 0.102 e. The van der Waals surface area contributed by atoms with Crippen LogP contribution < -0.4 is 0 Å². The highest BCUT2D eigenvalue weighted by molar-refractivity contribution is 9.11. The Kier molecular flexibility index (Phi) is 4.63. The number of rotatable bonds is 2. The SMILES string of the molecule is N#C/C(=C(/Cl)c1ccc(Br)cc1Br)c1cccs1. The molecule has 0 radical (unpaired) electrons. The summed E-state index contributed by atoms with van der Waals surface area (Å²) in [6.45, 7) is 0. The lowest BCUT2D eigenvalue weighted by Gasteiger charge is -2.05. The van der Waals surface area contributed by atoms with Gasteiger partial charge in [0.05, 0.1) is 10.6 Å². The summed E-state index contributed by atoms with van der Waals surface area (Å²) in [5, 5.41) is 11.6. The summed E-state index contributed by atoms with van der Waals surface area (Å²) in [5.41, 5.74) is 1.31. The first-order valence-electron chi connectivity index (χ1n) is 4.92. The monoisotopic (exact) mass is 401 g/mol. The Balaban J connectivity index is 2.58. The molecule has 0 N–H and O–H groups in total. The van der Waals surface area contributed by atoms with Crippen molar-refractivity contribution in [3.8, 4) is 6.07 Å². The second kappa shape index (κ2) is 6.03. The molecule has 2 rings (SSSR count). The summed E-state index contributed by atoms with van der Waals surface area (Å²) >= 11 is 14.7. The number of benzene rings is 1. The second-order valence-electron chi connectivity index (χ2n) is 3.40. The molecule has 0 saturated carbocycles. The van der Waals surface area contributed by atoms with E-state index in [2.05, 4.69) is 37.9 Å². The maximum absolute atomic E-state index is 9.26. The van der Waals surface area contributed by atoms with Crippen molar-refractivity contribution in [2.75, 3.05) is 0 Å². The molecule has 1 heterocycles. The Hall–Kier alpha value is -0.600. The van der Waals surface area contributed by atoms with E-state index in [0.29, 0.717) is 10.6 Å². The molecule has 0 aliphatic rings. The number of hydrogen-bond acceptors (Lipinski definition) is 2. The lowest BCUT2D eigenvalue weighted by Crippen LogP contribution is -1.85. The lowest BCUT2D eigenvalue weighted by atomic mass is 10.1. The summed E-state index contributed by atoms with van der Waals surface area (Å²) in [7, 11) is 0. The largest absolute Gasteiger partial charge is 0.192 e. The number of nitriles is 1. The highest BCUT2D eigenvalue weighted by Gasteiger charge is 2.13. The molecule has 1 nitrogen and oxygen atoms in total. The van der Waals surface area contributed by atoms with E-state index in [1.165, 1.54) is 11.3 Å². The molecule has 0 amide bonds.